The molecule has 148 valence electrons. The number of aromatic amines is 1. The minimum Gasteiger partial charge on any atom is -0.376 e. The van der Waals surface area contributed by atoms with E-state index in [-0.39, 0.29) is 17.6 Å². The zero-order valence-corrected chi connectivity index (χ0v) is 17.0. The molecular formula is C20H30N4O3. The summed E-state index contributed by atoms with van der Waals surface area (Å²) in [7, 11) is 1.78. The molecule has 3 heterocycles. The van der Waals surface area contributed by atoms with E-state index in [0.29, 0.717) is 36.3 Å². The van der Waals surface area contributed by atoms with Crippen molar-refractivity contribution in [2.24, 2.45) is 13.0 Å². The minimum absolute atomic E-state index is 0.130. The summed E-state index contributed by atoms with van der Waals surface area (Å²) in [4.78, 5) is 31.3. The highest BCUT2D eigenvalue weighted by atomic mass is 16.5. The van der Waals surface area contributed by atoms with E-state index in [9.17, 15) is 9.59 Å². The molecule has 1 fully saturated rings. The number of pyridine rings is 1. The number of amides is 1. The molecule has 2 aromatic heterocycles. The second-order valence-electron chi connectivity index (χ2n) is 7.98. The van der Waals surface area contributed by atoms with Gasteiger partial charge in [-0.3, -0.25) is 19.4 Å². The molecule has 0 radical (unpaired) electrons. The average molecular weight is 374 g/mol. The van der Waals surface area contributed by atoms with Gasteiger partial charge < -0.3 is 9.64 Å². The van der Waals surface area contributed by atoms with Gasteiger partial charge in [0.2, 0.25) is 5.91 Å². The molecule has 1 atom stereocenters. The van der Waals surface area contributed by atoms with E-state index in [4.69, 9.17) is 4.74 Å². The Hall–Kier alpha value is -2.15. The van der Waals surface area contributed by atoms with Crippen molar-refractivity contribution in [2.45, 2.75) is 53.1 Å². The van der Waals surface area contributed by atoms with Gasteiger partial charge in [-0.15, -0.1) is 0 Å². The van der Waals surface area contributed by atoms with Crippen molar-refractivity contribution in [3.63, 3.8) is 0 Å². The lowest BCUT2D eigenvalue weighted by Gasteiger charge is -2.18. The topological polar surface area (TPSA) is 80.2 Å². The first-order valence-electron chi connectivity index (χ1n) is 9.72. The van der Waals surface area contributed by atoms with Crippen LogP contribution in [0.3, 0.4) is 0 Å². The number of hydrogen-bond donors (Lipinski definition) is 1. The predicted molar refractivity (Wildman–Crippen MR) is 105 cm³/mol. The smallest absolute Gasteiger partial charge is 0.273 e. The highest BCUT2D eigenvalue weighted by Gasteiger charge is 2.27. The molecule has 0 spiro atoms. The fourth-order valence-electron chi connectivity index (χ4n) is 3.83. The summed E-state index contributed by atoms with van der Waals surface area (Å²) in [6.07, 6.45) is 2.09. The maximum absolute atomic E-state index is 12.6. The van der Waals surface area contributed by atoms with Gasteiger partial charge >= 0.3 is 0 Å². The van der Waals surface area contributed by atoms with E-state index in [1.807, 2.05) is 18.7 Å². The number of fused-ring (bicyclic) bond motifs is 1. The predicted octanol–water partition coefficient (Wildman–Crippen LogP) is 2.08. The van der Waals surface area contributed by atoms with Gasteiger partial charge in [-0.1, -0.05) is 13.8 Å². The summed E-state index contributed by atoms with van der Waals surface area (Å²) in [6.45, 7) is 10.3. The first-order valence-corrected chi connectivity index (χ1v) is 9.72. The van der Waals surface area contributed by atoms with Crippen LogP contribution in [0.1, 0.15) is 43.5 Å². The zero-order valence-electron chi connectivity index (χ0n) is 17.0. The number of carbonyl (C=O) groups excluding carboxylic acids is 1. The quantitative estimate of drug-likeness (QED) is 0.839. The molecule has 0 saturated carbocycles. The Morgan fingerprint density at radius 2 is 2.11 bits per heavy atom. The van der Waals surface area contributed by atoms with Crippen molar-refractivity contribution in [1.29, 1.82) is 0 Å². The standard InChI is InChI=1S/C20H30N4O3/c1-12(2)11-27-15-8-9-24(10-15)17(25)7-6-16-13(3)18-19(21-14(16)4)23(5)22-20(18)26/h12,15H,6-11H2,1-5H3,(H,22,26). The molecular weight excluding hydrogens is 344 g/mol. The molecule has 2 aromatic rings. The SMILES string of the molecule is Cc1nc2c(c(C)c1CCC(=O)N1CCC(OCC(C)C)C1)c(=O)[nH]n2C. The van der Waals surface area contributed by atoms with Gasteiger partial charge in [-0.25, -0.2) is 4.98 Å². The van der Waals surface area contributed by atoms with Crippen LogP contribution < -0.4 is 5.56 Å². The molecule has 1 aliphatic rings. The molecule has 7 heteroatoms. The van der Waals surface area contributed by atoms with Crippen molar-refractivity contribution >= 4 is 16.9 Å². The Labute approximate surface area is 159 Å². The molecule has 1 amide bonds. The van der Waals surface area contributed by atoms with Gasteiger partial charge in [0.15, 0.2) is 5.65 Å². The Kier molecular flexibility index (Phi) is 5.69. The second kappa shape index (κ2) is 7.84. The molecule has 7 nitrogen and oxygen atoms in total. The first kappa shape index (κ1) is 19.6. The molecule has 1 unspecified atom stereocenters. The number of H-pyrrole nitrogens is 1. The Morgan fingerprint density at radius 1 is 1.37 bits per heavy atom. The Morgan fingerprint density at radius 3 is 2.81 bits per heavy atom. The number of hydrogen-bond acceptors (Lipinski definition) is 4. The number of ether oxygens (including phenoxy) is 1. The molecule has 1 aliphatic heterocycles. The lowest BCUT2D eigenvalue weighted by atomic mass is 10.00. The fourth-order valence-corrected chi connectivity index (χ4v) is 3.83. The average Bonchev–Trinajstić information content (AvgIpc) is 3.17. The number of likely N-dealkylation sites (tertiary alicyclic amines) is 1. The van der Waals surface area contributed by atoms with Crippen molar-refractivity contribution < 1.29 is 9.53 Å². The summed E-state index contributed by atoms with van der Waals surface area (Å²) >= 11 is 0. The molecule has 0 aromatic carbocycles. The van der Waals surface area contributed by atoms with Gasteiger partial charge in [-0.2, -0.15) is 0 Å². The summed E-state index contributed by atoms with van der Waals surface area (Å²) in [5.41, 5.74) is 3.33. The Bertz CT molecular complexity index is 897. The van der Waals surface area contributed by atoms with Gasteiger partial charge in [-0.05, 0) is 43.7 Å². The summed E-state index contributed by atoms with van der Waals surface area (Å²) in [6, 6.07) is 0. The molecule has 1 saturated heterocycles. The fraction of sp³-hybridized carbons (Fsp3) is 0.650. The molecule has 27 heavy (non-hydrogen) atoms. The zero-order chi connectivity index (χ0) is 19.7. The number of nitrogens with zero attached hydrogens (tertiary/aromatic N) is 3. The van der Waals surface area contributed by atoms with Crippen LogP contribution in [0.4, 0.5) is 0 Å². The van der Waals surface area contributed by atoms with Crippen molar-refractivity contribution in [3.05, 3.63) is 27.2 Å². The second-order valence-corrected chi connectivity index (χ2v) is 7.98. The number of carbonyl (C=O) groups is 1. The maximum Gasteiger partial charge on any atom is 0.273 e. The van der Waals surface area contributed by atoms with Crippen LogP contribution in [0.15, 0.2) is 4.79 Å². The third-order valence-electron chi connectivity index (χ3n) is 5.33. The molecule has 1 N–H and O–H groups in total. The highest BCUT2D eigenvalue weighted by molar-refractivity contribution is 5.81. The highest BCUT2D eigenvalue weighted by Crippen LogP contribution is 2.22. The third-order valence-corrected chi connectivity index (χ3v) is 5.33. The first-order chi connectivity index (χ1) is 12.8. The van der Waals surface area contributed by atoms with Crippen LogP contribution >= 0.6 is 0 Å². The number of aromatic nitrogens is 3. The monoisotopic (exact) mass is 374 g/mol. The van der Waals surface area contributed by atoms with Crippen LogP contribution in [0, 0.1) is 19.8 Å². The van der Waals surface area contributed by atoms with Crippen LogP contribution in [-0.2, 0) is 23.0 Å². The largest absolute Gasteiger partial charge is 0.376 e. The number of rotatable bonds is 6. The summed E-state index contributed by atoms with van der Waals surface area (Å²) in [5, 5.41) is 3.37. The van der Waals surface area contributed by atoms with Gasteiger partial charge in [0, 0.05) is 38.9 Å². The van der Waals surface area contributed by atoms with E-state index in [1.54, 1.807) is 11.7 Å². The molecule has 3 rings (SSSR count). The summed E-state index contributed by atoms with van der Waals surface area (Å²) in [5.74, 6) is 0.649. The van der Waals surface area contributed by atoms with E-state index < -0.39 is 0 Å². The summed E-state index contributed by atoms with van der Waals surface area (Å²) < 4.78 is 7.51. The van der Waals surface area contributed by atoms with Crippen LogP contribution in [-0.4, -0.2) is 51.4 Å². The normalized spacial score (nSPS) is 17.4. The third kappa shape index (κ3) is 4.08. The van der Waals surface area contributed by atoms with Crippen molar-refractivity contribution in [3.8, 4) is 0 Å². The van der Waals surface area contributed by atoms with Crippen molar-refractivity contribution in [1.82, 2.24) is 19.7 Å². The minimum atomic E-state index is -0.130. The van der Waals surface area contributed by atoms with E-state index in [0.717, 1.165) is 36.4 Å². The van der Waals surface area contributed by atoms with Gasteiger partial charge in [0.1, 0.15) is 0 Å². The van der Waals surface area contributed by atoms with Gasteiger partial charge in [0.25, 0.3) is 5.56 Å². The van der Waals surface area contributed by atoms with Crippen LogP contribution in [0.25, 0.3) is 11.0 Å². The Balaban J connectivity index is 1.66. The molecule has 0 aliphatic carbocycles. The molecule has 0 bridgehead atoms. The van der Waals surface area contributed by atoms with Gasteiger partial charge in [0.05, 0.1) is 11.5 Å². The maximum atomic E-state index is 12.6. The lowest BCUT2D eigenvalue weighted by Crippen LogP contribution is -2.30. The van der Waals surface area contributed by atoms with E-state index in [1.165, 1.54) is 0 Å². The lowest BCUT2D eigenvalue weighted by molar-refractivity contribution is -0.130. The van der Waals surface area contributed by atoms with Crippen LogP contribution in [0.5, 0.6) is 0 Å². The number of nitrogens with one attached hydrogen (secondary N) is 1. The van der Waals surface area contributed by atoms with E-state index >= 15 is 0 Å². The number of aryl methyl sites for hydroxylation is 3. The van der Waals surface area contributed by atoms with E-state index in [2.05, 4.69) is 23.9 Å². The van der Waals surface area contributed by atoms with Crippen LogP contribution in [0.2, 0.25) is 0 Å². The van der Waals surface area contributed by atoms with Crippen molar-refractivity contribution in [2.75, 3.05) is 19.7 Å².